The van der Waals surface area contributed by atoms with Crippen LogP contribution in [0.4, 0.5) is 0 Å². The van der Waals surface area contributed by atoms with Crippen LogP contribution in [0.15, 0.2) is 30.3 Å². The minimum atomic E-state index is -0.177. The predicted octanol–water partition coefficient (Wildman–Crippen LogP) is 1.97. The maximum atomic E-state index is 12.1. The number of nitrogens with one attached hydrogen (secondary N) is 2. The third-order valence-electron chi connectivity index (χ3n) is 4.69. The number of carbonyl (C=O) groups is 2. The first-order valence-electron chi connectivity index (χ1n) is 7.84. The molecular formula is C17H22N2O2. The first-order valence-corrected chi connectivity index (χ1v) is 7.84. The highest BCUT2D eigenvalue weighted by atomic mass is 16.2. The van der Waals surface area contributed by atoms with Gasteiger partial charge in [-0.15, -0.1) is 0 Å². The lowest BCUT2D eigenvalue weighted by molar-refractivity contribution is -0.127. The van der Waals surface area contributed by atoms with E-state index in [1.807, 2.05) is 6.07 Å². The third-order valence-corrected chi connectivity index (χ3v) is 4.69. The highest BCUT2D eigenvalue weighted by molar-refractivity contribution is 5.89. The molecule has 2 amide bonds. The molecule has 0 aromatic heterocycles. The molecule has 2 aliphatic rings. The Kier molecular flexibility index (Phi) is 4.23. The van der Waals surface area contributed by atoms with Crippen molar-refractivity contribution in [1.29, 1.82) is 0 Å². The Morgan fingerprint density at radius 1 is 1.10 bits per heavy atom. The van der Waals surface area contributed by atoms with Crippen molar-refractivity contribution in [3.05, 3.63) is 35.9 Å². The number of benzene rings is 1. The molecule has 0 spiro atoms. The monoisotopic (exact) mass is 286 g/mol. The summed E-state index contributed by atoms with van der Waals surface area (Å²) in [4.78, 5) is 23.3. The van der Waals surface area contributed by atoms with E-state index in [-0.39, 0.29) is 23.8 Å². The van der Waals surface area contributed by atoms with Gasteiger partial charge in [-0.1, -0.05) is 30.3 Å². The van der Waals surface area contributed by atoms with Gasteiger partial charge in [0.15, 0.2) is 0 Å². The van der Waals surface area contributed by atoms with Crippen molar-refractivity contribution in [2.75, 3.05) is 6.54 Å². The second-order valence-corrected chi connectivity index (χ2v) is 6.17. The zero-order valence-electron chi connectivity index (χ0n) is 12.2. The van der Waals surface area contributed by atoms with Crippen molar-refractivity contribution in [1.82, 2.24) is 10.6 Å². The van der Waals surface area contributed by atoms with Gasteiger partial charge in [0.05, 0.1) is 5.92 Å². The Morgan fingerprint density at radius 3 is 2.43 bits per heavy atom. The molecule has 2 fully saturated rings. The summed E-state index contributed by atoms with van der Waals surface area (Å²) < 4.78 is 0. The molecule has 0 bridgehead atoms. The van der Waals surface area contributed by atoms with E-state index in [1.54, 1.807) is 0 Å². The van der Waals surface area contributed by atoms with Crippen LogP contribution in [0.3, 0.4) is 0 Å². The van der Waals surface area contributed by atoms with Gasteiger partial charge in [0.1, 0.15) is 0 Å². The Labute approximate surface area is 125 Å². The third kappa shape index (κ3) is 3.43. The molecule has 1 aromatic rings. The summed E-state index contributed by atoms with van der Waals surface area (Å²) in [6, 6.07) is 10.9. The van der Waals surface area contributed by atoms with Gasteiger partial charge in [-0.2, -0.15) is 0 Å². The van der Waals surface area contributed by atoms with Crippen LogP contribution in [0.2, 0.25) is 0 Å². The number of amides is 2. The van der Waals surface area contributed by atoms with Crippen molar-refractivity contribution >= 4 is 11.8 Å². The molecule has 21 heavy (non-hydrogen) atoms. The molecule has 1 aromatic carbocycles. The fourth-order valence-electron chi connectivity index (χ4n) is 3.41. The highest BCUT2D eigenvalue weighted by Crippen LogP contribution is 2.32. The minimum Gasteiger partial charge on any atom is -0.355 e. The lowest BCUT2D eigenvalue weighted by atomic mass is 9.81. The number of carbonyl (C=O) groups excluding carboxylic acids is 2. The fourth-order valence-corrected chi connectivity index (χ4v) is 3.41. The zero-order valence-corrected chi connectivity index (χ0v) is 12.2. The molecule has 1 aliphatic heterocycles. The molecule has 3 rings (SSSR count). The molecule has 1 saturated heterocycles. The summed E-state index contributed by atoms with van der Waals surface area (Å²) in [6.07, 6.45) is 4.64. The largest absolute Gasteiger partial charge is 0.355 e. The van der Waals surface area contributed by atoms with Crippen LogP contribution < -0.4 is 10.6 Å². The topological polar surface area (TPSA) is 58.2 Å². The van der Waals surface area contributed by atoms with Crippen molar-refractivity contribution in [3.63, 3.8) is 0 Å². The molecule has 1 heterocycles. The van der Waals surface area contributed by atoms with Gasteiger partial charge in [-0.3, -0.25) is 9.59 Å². The molecule has 1 saturated carbocycles. The molecule has 2 N–H and O–H groups in total. The smallest absolute Gasteiger partial charge is 0.225 e. The highest BCUT2D eigenvalue weighted by Gasteiger charge is 2.30. The number of rotatable bonds is 3. The van der Waals surface area contributed by atoms with E-state index in [4.69, 9.17) is 0 Å². The van der Waals surface area contributed by atoms with E-state index in [2.05, 4.69) is 34.9 Å². The van der Waals surface area contributed by atoms with Crippen molar-refractivity contribution < 1.29 is 9.59 Å². The van der Waals surface area contributed by atoms with E-state index in [0.29, 0.717) is 18.9 Å². The Balaban J connectivity index is 1.48. The average molecular weight is 286 g/mol. The molecule has 0 radical (unpaired) electrons. The minimum absolute atomic E-state index is 0.0112. The molecule has 4 heteroatoms. The Bertz CT molecular complexity index is 507. The number of hydrogen-bond acceptors (Lipinski definition) is 2. The first-order chi connectivity index (χ1) is 10.2. The molecule has 1 unspecified atom stereocenters. The normalized spacial score (nSPS) is 29.0. The van der Waals surface area contributed by atoms with E-state index in [9.17, 15) is 9.59 Å². The van der Waals surface area contributed by atoms with Crippen LogP contribution in [0.1, 0.15) is 43.6 Å². The van der Waals surface area contributed by atoms with Crippen molar-refractivity contribution in [2.45, 2.75) is 44.1 Å². The van der Waals surface area contributed by atoms with Crippen molar-refractivity contribution in [3.8, 4) is 0 Å². The second kappa shape index (κ2) is 6.29. The second-order valence-electron chi connectivity index (χ2n) is 6.17. The summed E-state index contributed by atoms with van der Waals surface area (Å²) in [5.74, 6) is 0.470. The lowest BCUT2D eigenvalue weighted by Crippen LogP contribution is -2.41. The van der Waals surface area contributed by atoms with Gasteiger partial charge in [0.2, 0.25) is 11.8 Å². The summed E-state index contributed by atoms with van der Waals surface area (Å²) in [5.41, 5.74) is 1.41. The maximum absolute atomic E-state index is 12.1. The van der Waals surface area contributed by atoms with Gasteiger partial charge >= 0.3 is 0 Å². The standard InChI is InChI=1S/C17H22N2O2/c20-16-10-14(11-18-16)17(21)19-15-8-6-13(7-9-15)12-4-2-1-3-5-12/h1-5,13-15H,6-11H2,(H,18,20)(H,19,21). The van der Waals surface area contributed by atoms with Gasteiger partial charge in [0.25, 0.3) is 0 Å². The Hall–Kier alpha value is -1.84. The summed E-state index contributed by atoms with van der Waals surface area (Å²) in [5, 5.41) is 5.84. The van der Waals surface area contributed by atoms with Crippen LogP contribution in [-0.4, -0.2) is 24.4 Å². The van der Waals surface area contributed by atoms with Crippen molar-refractivity contribution in [2.24, 2.45) is 5.92 Å². The quantitative estimate of drug-likeness (QED) is 0.892. The van der Waals surface area contributed by atoms with Crippen LogP contribution in [0.5, 0.6) is 0 Å². The fraction of sp³-hybridized carbons (Fsp3) is 0.529. The summed E-state index contributed by atoms with van der Waals surface area (Å²) in [6.45, 7) is 0.490. The summed E-state index contributed by atoms with van der Waals surface area (Å²) in [7, 11) is 0. The SMILES string of the molecule is O=C1CC(C(=O)NC2CCC(c3ccccc3)CC2)CN1. The van der Waals surface area contributed by atoms with Gasteiger partial charge < -0.3 is 10.6 Å². The van der Waals surface area contributed by atoms with Gasteiger partial charge in [-0.25, -0.2) is 0 Å². The molecule has 4 nitrogen and oxygen atoms in total. The predicted molar refractivity (Wildman–Crippen MR) is 80.7 cm³/mol. The van der Waals surface area contributed by atoms with E-state index >= 15 is 0 Å². The van der Waals surface area contributed by atoms with E-state index < -0.39 is 0 Å². The summed E-state index contributed by atoms with van der Waals surface area (Å²) >= 11 is 0. The van der Waals surface area contributed by atoms with Crippen LogP contribution in [-0.2, 0) is 9.59 Å². The first kappa shape index (κ1) is 14.1. The maximum Gasteiger partial charge on any atom is 0.225 e. The van der Waals surface area contributed by atoms with Crippen LogP contribution in [0.25, 0.3) is 0 Å². The van der Waals surface area contributed by atoms with Gasteiger partial charge in [-0.05, 0) is 37.2 Å². The average Bonchev–Trinajstić information content (AvgIpc) is 2.96. The van der Waals surface area contributed by atoms with Crippen LogP contribution >= 0.6 is 0 Å². The van der Waals surface area contributed by atoms with Crippen LogP contribution in [0, 0.1) is 5.92 Å². The number of hydrogen-bond donors (Lipinski definition) is 2. The molecule has 1 atom stereocenters. The molecular weight excluding hydrogens is 264 g/mol. The van der Waals surface area contributed by atoms with E-state index in [1.165, 1.54) is 5.56 Å². The lowest BCUT2D eigenvalue weighted by Gasteiger charge is -2.30. The van der Waals surface area contributed by atoms with Gasteiger partial charge in [0, 0.05) is 19.0 Å². The zero-order chi connectivity index (χ0) is 14.7. The van der Waals surface area contributed by atoms with E-state index in [0.717, 1.165) is 25.7 Å². The molecule has 112 valence electrons. The Morgan fingerprint density at radius 2 is 1.81 bits per heavy atom. The molecule has 1 aliphatic carbocycles.